The number of rotatable bonds is 8. The lowest BCUT2D eigenvalue weighted by molar-refractivity contribution is -0.121. The fourth-order valence-electron chi connectivity index (χ4n) is 2.99. The first-order chi connectivity index (χ1) is 11.4. The number of carbonyl (C=O) groups excluding carboxylic acids is 1. The van der Waals surface area contributed by atoms with Crippen molar-refractivity contribution >= 4 is 21.6 Å². The van der Waals surface area contributed by atoms with E-state index >= 15 is 0 Å². The average molecular weight is 354 g/mol. The van der Waals surface area contributed by atoms with Crippen molar-refractivity contribution < 1.29 is 17.9 Å². The van der Waals surface area contributed by atoms with E-state index in [0.717, 1.165) is 12.8 Å². The normalized spacial score (nSPS) is 15.2. The molecule has 24 heavy (non-hydrogen) atoms. The fraction of sp³-hybridized carbons (Fsp3) is 0.588. The van der Waals surface area contributed by atoms with Crippen LogP contribution in [0.4, 0.5) is 5.69 Å². The van der Waals surface area contributed by atoms with Gasteiger partial charge in [0.2, 0.25) is 15.9 Å². The molecule has 0 spiro atoms. The summed E-state index contributed by atoms with van der Waals surface area (Å²) in [6.45, 7) is 0.281. The molecule has 0 bridgehead atoms. The average Bonchev–Trinajstić information content (AvgIpc) is 3.03. The van der Waals surface area contributed by atoms with E-state index in [1.54, 1.807) is 31.4 Å². The van der Waals surface area contributed by atoms with Crippen molar-refractivity contribution in [2.45, 2.75) is 44.6 Å². The number of ether oxygens (including phenoxy) is 1. The van der Waals surface area contributed by atoms with E-state index < -0.39 is 10.0 Å². The van der Waals surface area contributed by atoms with Gasteiger partial charge in [0.25, 0.3) is 0 Å². The van der Waals surface area contributed by atoms with Crippen LogP contribution in [-0.4, -0.2) is 40.3 Å². The van der Waals surface area contributed by atoms with E-state index in [-0.39, 0.29) is 12.5 Å². The topological polar surface area (TPSA) is 75.7 Å². The lowest BCUT2D eigenvalue weighted by Crippen LogP contribution is -2.34. The monoisotopic (exact) mass is 354 g/mol. The van der Waals surface area contributed by atoms with Crippen LogP contribution < -0.4 is 14.4 Å². The van der Waals surface area contributed by atoms with E-state index in [0.29, 0.717) is 30.3 Å². The Morgan fingerprint density at radius 2 is 1.88 bits per heavy atom. The molecule has 7 heteroatoms. The molecule has 1 aliphatic carbocycles. The van der Waals surface area contributed by atoms with Crippen molar-refractivity contribution in [2.75, 3.05) is 24.2 Å². The first kappa shape index (κ1) is 18.6. The molecule has 1 fully saturated rings. The first-order valence-electron chi connectivity index (χ1n) is 8.31. The number of methoxy groups -OCH3 is 1. The van der Waals surface area contributed by atoms with Gasteiger partial charge in [-0.3, -0.25) is 9.10 Å². The Morgan fingerprint density at radius 1 is 1.25 bits per heavy atom. The van der Waals surface area contributed by atoms with Crippen molar-refractivity contribution in [3.63, 3.8) is 0 Å². The van der Waals surface area contributed by atoms with Crippen molar-refractivity contribution in [3.05, 3.63) is 24.3 Å². The van der Waals surface area contributed by atoms with Crippen LogP contribution in [0.15, 0.2) is 24.3 Å². The van der Waals surface area contributed by atoms with Gasteiger partial charge < -0.3 is 10.1 Å². The van der Waals surface area contributed by atoms with Gasteiger partial charge in [-0.1, -0.05) is 12.8 Å². The van der Waals surface area contributed by atoms with Crippen molar-refractivity contribution in [2.24, 2.45) is 0 Å². The molecule has 0 heterocycles. The second kappa shape index (κ2) is 8.37. The molecule has 0 saturated heterocycles. The lowest BCUT2D eigenvalue weighted by Gasteiger charge is -2.22. The molecule has 1 saturated carbocycles. The van der Waals surface area contributed by atoms with Crippen molar-refractivity contribution in [3.8, 4) is 5.75 Å². The Balaban J connectivity index is 1.90. The minimum Gasteiger partial charge on any atom is -0.497 e. The highest BCUT2D eigenvalue weighted by Crippen LogP contribution is 2.22. The van der Waals surface area contributed by atoms with Crippen LogP contribution in [0.3, 0.4) is 0 Å². The molecular formula is C17H26N2O4S. The maximum absolute atomic E-state index is 12.0. The molecule has 0 aromatic heterocycles. The van der Waals surface area contributed by atoms with Gasteiger partial charge in [0.1, 0.15) is 5.75 Å². The summed E-state index contributed by atoms with van der Waals surface area (Å²) in [5, 5.41) is 3.02. The summed E-state index contributed by atoms with van der Waals surface area (Å²) in [5.74, 6) is 0.674. The summed E-state index contributed by atoms with van der Waals surface area (Å²) in [7, 11) is -1.84. The third kappa shape index (κ3) is 5.40. The van der Waals surface area contributed by atoms with E-state index in [4.69, 9.17) is 4.74 Å². The summed E-state index contributed by atoms with van der Waals surface area (Å²) < 4.78 is 30.5. The zero-order valence-corrected chi connectivity index (χ0v) is 15.1. The molecular weight excluding hydrogens is 328 g/mol. The van der Waals surface area contributed by atoms with E-state index in [1.165, 1.54) is 23.4 Å². The van der Waals surface area contributed by atoms with E-state index in [2.05, 4.69) is 5.32 Å². The van der Waals surface area contributed by atoms with E-state index in [9.17, 15) is 13.2 Å². The molecule has 1 aromatic rings. The molecule has 2 rings (SSSR count). The Hall–Kier alpha value is -1.76. The summed E-state index contributed by atoms with van der Waals surface area (Å²) in [6.07, 6.45) is 6.43. The molecule has 134 valence electrons. The van der Waals surface area contributed by atoms with Crippen molar-refractivity contribution in [1.82, 2.24) is 5.32 Å². The summed E-state index contributed by atoms with van der Waals surface area (Å²) in [4.78, 5) is 12.0. The zero-order chi connectivity index (χ0) is 17.6. The summed E-state index contributed by atoms with van der Waals surface area (Å²) in [5.41, 5.74) is 0.578. The maximum Gasteiger partial charge on any atom is 0.232 e. The molecule has 0 aliphatic heterocycles. The van der Waals surface area contributed by atoms with Gasteiger partial charge in [0.05, 0.1) is 19.1 Å². The number of hydrogen-bond acceptors (Lipinski definition) is 4. The Morgan fingerprint density at radius 3 is 2.42 bits per heavy atom. The smallest absolute Gasteiger partial charge is 0.232 e. The number of carbonyl (C=O) groups is 1. The minimum absolute atomic E-state index is 0.00471. The molecule has 0 unspecified atom stereocenters. The largest absolute Gasteiger partial charge is 0.497 e. The van der Waals surface area contributed by atoms with Crippen LogP contribution in [0, 0.1) is 0 Å². The SMILES string of the molecule is COc1ccc(N(CCCC(=O)NC2CCCC2)S(C)(=O)=O)cc1. The second-order valence-electron chi connectivity index (χ2n) is 6.19. The molecule has 1 aliphatic rings. The summed E-state index contributed by atoms with van der Waals surface area (Å²) in [6, 6.07) is 7.16. The molecule has 0 radical (unpaired) electrons. The number of nitrogens with zero attached hydrogens (tertiary/aromatic N) is 1. The van der Waals surface area contributed by atoms with Crippen LogP contribution in [0.2, 0.25) is 0 Å². The van der Waals surface area contributed by atoms with Crippen molar-refractivity contribution in [1.29, 1.82) is 0 Å². The predicted molar refractivity (Wildman–Crippen MR) is 94.8 cm³/mol. The summed E-state index contributed by atoms with van der Waals surface area (Å²) >= 11 is 0. The predicted octanol–water partition coefficient (Wildman–Crippen LogP) is 2.30. The molecule has 0 atom stereocenters. The van der Waals surface area contributed by atoms with Crippen LogP contribution >= 0.6 is 0 Å². The Kier molecular flexibility index (Phi) is 6.48. The number of sulfonamides is 1. The van der Waals surface area contributed by atoms with Crippen LogP contribution in [0.5, 0.6) is 5.75 Å². The van der Waals surface area contributed by atoms with Gasteiger partial charge in [-0.2, -0.15) is 0 Å². The van der Waals surface area contributed by atoms with Gasteiger partial charge in [0, 0.05) is 19.0 Å². The number of benzene rings is 1. The van der Waals surface area contributed by atoms with Crippen LogP contribution in [0.25, 0.3) is 0 Å². The van der Waals surface area contributed by atoms with Gasteiger partial charge >= 0.3 is 0 Å². The number of hydrogen-bond donors (Lipinski definition) is 1. The Bertz CT molecular complexity index is 637. The zero-order valence-electron chi connectivity index (χ0n) is 14.3. The number of amides is 1. The quantitative estimate of drug-likeness (QED) is 0.777. The highest BCUT2D eigenvalue weighted by atomic mass is 32.2. The molecule has 6 nitrogen and oxygen atoms in total. The van der Waals surface area contributed by atoms with Gasteiger partial charge in [-0.25, -0.2) is 8.42 Å². The Labute approximate surface area is 144 Å². The standard InChI is InChI=1S/C17H26N2O4S/c1-23-16-11-9-15(10-12-16)19(24(2,21)22)13-5-8-17(20)18-14-6-3-4-7-14/h9-12,14H,3-8,13H2,1-2H3,(H,18,20). The lowest BCUT2D eigenvalue weighted by atomic mass is 10.2. The molecule has 1 aromatic carbocycles. The van der Waals surface area contributed by atoms with Crippen LogP contribution in [0.1, 0.15) is 38.5 Å². The number of anilines is 1. The maximum atomic E-state index is 12.0. The second-order valence-corrected chi connectivity index (χ2v) is 8.09. The van der Waals surface area contributed by atoms with Gasteiger partial charge in [-0.15, -0.1) is 0 Å². The van der Waals surface area contributed by atoms with Gasteiger partial charge in [0.15, 0.2) is 0 Å². The third-order valence-electron chi connectivity index (χ3n) is 4.25. The van der Waals surface area contributed by atoms with Crippen LogP contribution in [-0.2, 0) is 14.8 Å². The number of nitrogens with one attached hydrogen (secondary N) is 1. The fourth-order valence-corrected chi connectivity index (χ4v) is 3.95. The van der Waals surface area contributed by atoms with E-state index in [1.807, 2.05) is 0 Å². The first-order valence-corrected chi connectivity index (χ1v) is 10.2. The highest BCUT2D eigenvalue weighted by molar-refractivity contribution is 7.92. The molecule has 1 amide bonds. The third-order valence-corrected chi connectivity index (χ3v) is 5.44. The van der Waals surface area contributed by atoms with Gasteiger partial charge in [-0.05, 0) is 43.5 Å². The highest BCUT2D eigenvalue weighted by Gasteiger charge is 2.19. The molecule has 1 N–H and O–H groups in total. The minimum atomic E-state index is -3.40.